The zero-order valence-electron chi connectivity index (χ0n) is 7.62. The lowest BCUT2D eigenvalue weighted by molar-refractivity contribution is 0.0419. The van der Waals surface area contributed by atoms with Crippen molar-refractivity contribution in [3.05, 3.63) is 24.0 Å². The lowest BCUT2D eigenvalue weighted by Crippen LogP contribution is -2.33. The molecule has 0 saturated carbocycles. The van der Waals surface area contributed by atoms with Crippen molar-refractivity contribution in [2.75, 3.05) is 6.54 Å². The van der Waals surface area contributed by atoms with E-state index >= 15 is 0 Å². The van der Waals surface area contributed by atoms with Gasteiger partial charge in [0.25, 0.3) is 0 Å². The van der Waals surface area contributed by atoms with Crippen LogP contribution in [0.1, 0.15) is 18.9 Å². The third kappa shape index (κ3) is 1.52. The number of aromatic nitrogens is 1. The molecular weight excluding hydrogens is 152 g/mol. The van der Waals surface area contributed by atoms with Crippen LogP contribution >= 0.6 is 0 Å². The fourth-order valence-corrected chi connectivity index (χ4v) is 1.24. The van der Waals surface area contributed by atoms with E-state index in [4.69, 9.17) is 5.73 Å². The summed E-state index contributed by atoms with van der Waals surface area (Å²) < 4.78 is 1.91. The van der Waals surface area contributed by atoms with Gasteiger partial charge in [-0.3, -0.25) is 0 Å². The average Bonchev–Trinajstić information content (AvgIpc) is 2.51. The molecule has 0 aliphatic heterocycles. The molecular formula is C9H16N2O. The molecule has 3 N–H and O–H groups in total. The van der Waals surface area contributed by atoms with Gasteiger partial charge in [0, 0.05) is 31.5 Å². The number of rotatable bonds is 3. The van der Waals surface area contributed by atoms with Crippen molar-refractivity contribution in [1.29, 1.82) is 0 Å². The van der Waals surface area contributed by atoms with E-state index in [0.717, 1.165) is 5.56 Å². The molecule has 0 aliphatic rings. The van der Waals surface area contributed by atoms with Crippen LogP contribution in [-0.4, -0.2) is 16.2 Å². The number of nitrogens with two attached hydrogens (primary N) is 1. The topological polar surface area (TPSA) is 51.2 Å². The molecule has 3 nitrogen and oxygen atoms in total. The average molecular weight is 168 g/mol. The number of hydrogen-bond acceptors (Lipinski definition) is 2. The first-order chi connectivity index (χ1) is 5.62. The van der Waals surface area contributed by atoms with E-state index in [0.29, 0.717) is 6.42 Å². The third-order valence-electron chi connectivity index (χ3n) is 2.29. The predicted octanol–water partition coefficient (Wildman–Crippen LogP) is 0.581. The van der Waals surface area contributed by atoms with Crippen LogP contribution in [-0.2, 0) is 12.6 Å². The summed E-state index contributed by atoms with van der Waals surface area (Å²) in [6.45, 7) is 2.20. The Morgan fingerprint density at radius 2 is 2.33 bits per heavy atom. The highest BCUT2D eigenvalue weighted by Crippen LogP contribution is 2.23. The van der Waals surface area contributed by atoms with E-state index in [9.17, 15) is 5.11 Å². The molecule has 0 fully saturated rings. The van der Waals surface area contributed by atoms with Crippen LogP contribution in [0.4, 0.5) is 0 Å². The van der Waals surface area contributed by atoms with Gasteiger partial charge in [-0.2, -0.15) is 0 Å². The molecule has 1 atom stereocenters. The molecule has 68 valence electrons. The zero-order chi connectivity index (χ0) is 9.19. The normalized spacial score (nSPS) is 16.0. The molecule has 0 bridgehead atoms. The van der Waals surface area contributed by atoms with Crippen LogP contribution in [0.15, 0.2) is 18.5 Å². The van der Waals surface area contributed by atoms with Gasteiger partial charge < -0.3 is 15.4 Å². The van der Waals surface area contributed by atoms with Crippen LogP contribution in [0.25, 0.3) is 0 Å². The van der Waals surface area contributed by atoms with E-state index in [2.05, 4.69) is 0 Å². The second kappa shape index (κ2) is 3.29. The molecule has 0 spiro atoms. The first-order valence-corrected chi connectivity index (χ1v) is 4.17. The molecule has 1 heterocycles. The molecule has 1 rings (SSSR count). The Hall–Kier alpha value is -0.800. The maximum atomic E-state index is 9.98. The molecule has 12 heavy (non-hydrogen) atoms. The van der Waals surface area contributed by atoms with Crippen LogP contribution < -0.4 is 5.73 Å². The lowest BCUT2D eigenvalue weighted by Gasteiger charge is -2.23. The fourth-order valence-electron chi connectivity index (χ4n) is 1.24. The van der Waals surface area contributed by atoms with Crippen LogP contribution in [0.2, 0.25) is 0 Å². The van der Waals surface area contributed by atoms with E-state index in [-0.39, 0.29) is 6.54 Å². The standard InChI is InChI=1S/C9H16N2O/c1-3-9(12,7-10)8-4-5-11(2)6-8/h4-6,12H,3,7,10H2,1-2H3. The summed E-state index contributed by atoms with van der Waals surface area (Å²) >= 11 is 0. The summed E-state index contributed by atoms with van der Waals surface area (Å²) in [4.78, 5) is 0. The monoisotopic (exact) mass is 168 g/mol. The van der Waals surface area contributed by atoms with Crippen molar-refractivity contribution < 1.29 is 5.11 Å². The van der Waals surface area contributed by atoms with Crippen molar-refractivity contribution in [1.82, 2.24) is 4.57 Å². The van der Waals surface area contributed by atoms with Crippen molar-refractivity contribution in [3.8, 4) is 0 Å². The second-order valence-corrected chi connectivity index (χ2v) is 3.15. The minimum atomic E-state index is -0.846. The SMILES string of the molecule is CCC(O)(CN)c1ccn(C)c1. The summed E-state index contributed by atoms with van der Waals surface area (Å²) in [6, 6.07) is 1.90. The zero-order valence-corrected chi connectivity index (χ0v) is 7.62. The van der Waals surface area contributed by atoms with Gasteiger partial charge in [-0.25, -0.2) is 0 Å². The van der Waals surface area contributed by atoms with Gasteiger partial charge in [-0.1, -0.05) is 6.92 Å². The van der Waals surface area contributed by atoms with Gasteiger partial charge in [-0.05, 0) is 12.5 Å². The second-order valence-electron chi connectivity index (χ2n) is 3.15. The minimum absolute atomic E-state index is 0.271. The van der Waals surface area contributed by atoms with Crippen LogP contribution in [0.5, 0.6) is 0 Å². The van der Waals surface area contributed by atoms with Crippen molar-refractivity contribution in [2.24, 2.45) is 12.8 Å². The Kier molecular flexibility index (Phi) is 2.55. The van der Waals surface area contributed by atoms with Gasteiger partial charge in [0.1, 0.15) is 5.60 Å². The van der Waals surface area contributed by atoms with Crippen LogP contribution in [0, 0.1) is 0 Å². The molecule has 1 aromatic rings. The highest BCUT2D eigenvalue weighted by Gasteiger charge is 2.25. The number of nitrogens with zero attached hydrogens (tertiary/aromatic N) is 1. The molecule has 1 unspecified atom stereocenters. The molecule has 0 saturated heterocycles. The van der Waals surface area contributed by atoms with Gasteiger partial charge in [0.15, 0.2) is 0 Å². The Balaban J connectivity index is 2.94. The Labute approximate surface area is 72.8 Å². The minimum Gasteiger partial charge on any atom is -0.384 e. The van der Waals surface area contributed by atoms with E-state index < -0.39 is 5.60 Å². The van der Waals surface area contributed by atoms with Crippen molar-refractivity contribution in [2.45, 2.75) is 18.9 Å². The number of aliphatic hydroxyl groups is 1. The van der Waals surface area contributed by atoms with Gasteiger partial charge >= 0.3 is 0 Å². The van der Waals surface area contributed by atoms with Gasteiger partial charge in [0.2, 0.25) is 0 Å². The molecule has 0 aromatic carbocycles. The van der Waals surface area contributed by atoms with Crippen molar-refractivity contribution in [3.63, 3.8) is 0 Å². The summed E-state index contributed by atoms with van der Waals surface area (Å²) in [6.07, 6.45) is 4.45. The fraction of sp³-hybridized carbons (Fsp3) is 0.556. The summed E-state index contributed by atoms with van der Waals surface area (Å²) in [7, 11) is 1.93. The van der Waals surface area contributed by atoms with E-state index in [1.807, 2.05) is 37.0 Å². The van der Waals surface area contributed by atoms with Gasteiger partial charge in [-0.15, -0.1) is 0 Å². The van der Waals surface area contributed by atoms with Crippen LogP contribution in [0.3, 0.4) is 0 Å². The molecule has 0 radical (unpaired) electrons. The van der Waals surface area contributed by atoms with E-state index in [1.54, 1.807) is 0 Å². The first-order valence-electron chi connectivity index (χ1n) is 4.17. The highest BCUT2D eigenvalue weighted by atomic mass is 16.3. The number of aryl methyl sites for hydroxylation is 1. The largest absolute Gasteiger partial charge is 0.384 e. The predicted molar refractivity (Wildman–Crippen MR) is 48.7 cm³/mol. The Morgan fingerprint density at radius 1 is 1.67 bits per heavy atom. The Morgan fingerprint density at radius 3 is 2.67 bits per heavy atom. The maximum absolute atomic E-state index is 9.98. The molecule has 0 aliphatic carbocycles. The quantitative estimate of drug-likeness (QED) is 0.693. The molecule has 0 amide bonds. The van der Waals surface area contributed by atoms with Gasteiger partial charge in [0.05, 0.1) is 0 Å². The maximum Gasteiger partial charge on any atom is 0.103 e. The summed E-state index contributed by atoms with van der Waals surface area (Å²) in [5.41, 5.74) is 5.55. The lowest BCUT2D eigenvalue weighted by atomic mass is 9.94. The summed E-state index contributed by atoms with van der Waals surface area (Å²) in [5, 5.41) is 9.98. The molecule has 3 heteroatoms. The first kappa shape index (κ1) is 9.29. The third-order valence-corrected chi connectivity index (χ3v) is 2.29. The highest BCUT2D eigenvalue weighted by molar-refractivity contribution is 5.19. The number of hydrogen-bond donors (Lipinski definition) is 2. The van der Waals surface area contributed by atoms with Crippen molar-refractivity contribution >= 4 is 0 Å². The van der Waals surface area contributed by atoms with E-state index in [1.165, 1.54) is 0 Å². The Bertz CT molecular complexity index is 251. The smallest absolute Gasteiger partial charge is 0.103 e. The summed E-state index contributed by atoms with van der Waals surface area (Å²) in [5.74, 6) is 0. The molecule has 1 aromatic heterocycles.